The fourth-order valence-corrected chi connectivity index (χ4v) is 3.37. The quantitative estimate of drug-likeness (QED) is 0.273. The smallest absolute Gasteiger partial charge is 0.193 e. The van der Waals surface area contributed by atoms with Gasteiger partial charge in [-0.05, 0) is 6.92 Å². The molecular formula is C17H28N2O4S. The van der Waals surface area contributed by atoms with Crippen molar-refractivity contribution in [2.24, 2.45) is 0 Å². The van der Waals surface area contributed by atoms with Gasteiger partial charge in [0.25, 0.3) is 0 Å². The lowest BCUT2D eigenvalue weighted by Gasteiger charge is -2.26. The van der Waals surface area contributed by atoms with E-state index >= 15 is 0 Å². The number of thioether (sulfide) groups is 1. The summed E-state index contributed by atoms with van der Waals surface area (Å²) in [6, 6.07) is 1.87. The van der Waals surface area contributed by atoms with E-state index in [1.54, 1.807) is 18.0 Å². The Bertz CT molecular complexity index is 496. The molecule has 1 aliphatic heterocycles. The predicted octanol–water partition coefficient (Wildman–Crippen LogP) is 1.39. The number of nitrogens with zero attached hydrogens (tertiary/aromatic N) is 2. The molecule has 1 aromatic heterocycles. The first-order chi connectivity index (χ1) is 11.7. The molecule has 2 rings (SSSR count). The molecule has 0 radical (unpaired) electrons. The van der Waals surface area contributed by atoms with Gasteiger partial charge in [0.05, 0.1) is 39.6 Å². The highest BCUT2D eigenvalue weighted by molar-refractivity contribution is 7.99. The summed E-state index contributed by atoms with van der Waals surface area (Å²) in [5, 5.41) is 11.5. The highest BCUT2D eigenvalue weighted by Gasteiger charge is 2.10. The normalized spacial score (nSPS) is 15.8. The van der Waals surface area contributed by atoms with Gasteiger partial charge < -0.3 is 19.4 Å². The Morgan fingerprint density at radius 1 is 1.17 bits per heavy atom. The Labute approximate surface area is 148 Å². The van der Waals surface area contributed by atoms with Gasteiger partial charge in [0.1, 0.15) is 0 Å². The monoisotopic (exact) mass is 356 g/mol. The first kappa shape index (κ1) is 19.5. The van der Waals surface area contributed by atoms with Crippen LogP contribution in [0.1, 0.15) is 11.3 Å². The largest absolute Gasteiger partial charge is 0.619 e. The first-order valence-electron chi connectivity index (χ1n) is 8.46. The molecular weight excluding hydrogens is 328 g/mol. The molecule has 0 N–H and O–H groups in total. The minimum Gasteiger partial charge on any atom is -0.619 e. The van der Waals surface area contributed by atoms with Gasteiger partial charge in [0.2, 0.25) is 0 Å². The fraction of sp³-hybridized carbons (Fsp3) is 0.706. The Balaban J connectivity index is 1.46. The van der Waals surface area contributed by atoms with Gasteiger partial charge in [-0.2, -0.15) is 4.73 Å². The van der Waals surface area contributed by atoms with E-state index in [9.17, 15) is 5.21 Å². The van der Waals surface area contributed by atoms with Crippen LogP contribution in [-0.4, -0.2) is 69.9 Å². The molecule has 1 aromatic rings. The molecule has 0 spiro atoms. The third-order valence-electron chi connectivity index (χ3n) is 4.12. The number of hydrogen-bond acceptors (Lipinski definition) is 6. The van der Waals surface area contributed by atoms with Crippen LogP contribution >= 0.6 is 11.8 Å². The molecule has 1 aliphatic rings. The maximum atomic E-state index is 11.5. The van der Waals surface area contributed by atoms with Crippen LogP contribution in [0.5, 0.6) is 0 Å². The lowest BCUT2D eigenvalue weighted by atomic mass is 10.2. The molecule has 7 heteroatoms. The van der Waals surface area contributed by atoms with Gasteiger partial charge in [0.15, 0.2) is 11.9 Å². The SMILES string of the molecule is Cc1c(SCCOCCOCCN2CCOCC2)cc[n+]([O-])c1C. The lowest BCUT2D eigenvalue weighted by molar-refractivity contribution is -0.613. The zero-order valence-corrected chi connectivity index (χ0v) is 15.5. The van der Waals surface area contributed by atoms with Gasteiger partial charge in [-0.1, -0.05) is 0 Å². The summed E-state index contributed by atoms with van der Waals surface area (Å²) in [6.07, 6.45) is 1.56. The predicted molar refractivity (Wildman–Crippen MR) is 94.5 cm³/mol. The molecule has 2 heterocycles. The Morgan fingerprint density at radius 3 is 2.62 bits per heavy atom. The molecule has 1 saturated heterocycles. The fourth-order valence-electron chi connectivity index (χ4n) is 2.42. The van der Waals surface area contributed by atoms with Crippen molar-refractivity contribution in [2.75, 3.05) is 65.0 Å². The molecule has 24 heavy (non-hydrogen) atoms. The second-order valence-electron chi connectivity index (χ2n) is 5.74. The maximum absolute atomic E-state index is 11.5. The van der Waals surface area contributed by atoms with E-state index in [1.165, 1.54) is 0 Å². The van der Waals surface area contributed by atoms with Crippen molar-refractivity contribution >= 4 is 11.8 Å². The van der Waals surface area contributed by atoms with E-state index in [-0.39, 0.29) is 0 Å². The van der Waals surface area contributed by atoms with E-state index in [0.717, 1.165) is 66.1 Å². The maximum Gasteiger partial charge on any atom is 0.193 e. The van der Waals surface area contributed by atoms with E-state index in [0.29, 0.717) is 19.8 Å². The third-order valence-corrected chi connectivity index (χ3v) is 5.24. The highest BCUT2D eigenvalue weighted by Crippen LogP contribution is 2.22. The minimum absolute atomic E-state index is 0.622. The molecule has 0 atom stereocenters. The molecule has 0 amide bonds. The minimum atomic E-state index is 0.622. The van der Waals surface area contributed by atoms with E-state index < -0.39 is 0 Å². The standard InChI is InChI=1S/C17H28N2O4S/c1-15-16(2)19(20)4-3-17(15)24-14-13-23-12-11-22-10-7-18-5-8-21-9-6-18/h3-4H,5-14H2,1-2H3. The zero-order valence-electron chi connectivity index (χ0n) is 14.7. The molecule has 0 saturated carbocycles. The summed E-state index contributed by atoms with van der Waals surface area (Å²) in [5.74, 6) is 0.872. The Morgan fingerprint density at radius 2 is 1.88 bits per heavy atom. The third kappa shape index (κ3) is 6.57. The van der Waals surface area contributed by atoms with Gasteiger partial charge in [-0.15, -0.1) is 11.8 Å². The average molecular weight is 356 g/mol. The molecule has 136 valence electrons. The van der Waals surface area contributed by atoms with Gasteiger partial charge in [0, 0.05) is 48.8 Å². The highest BCUT2D eigenvalue weighted by atomic mass is 32.2. The lowest BCUT2D eigenvalue weighted by Crippen LogP contribution is -2.38. The summed E-state index contributed by atoms with van der Waals surface area (Å²) < 4.78 is 17.4. The zero-order chi connectivity index (χ0) is 17.2. The number of aromatic nitrogens is 1. The number of morpholine rings is 1. The Kier molecular flexibility index (Phi) is 8.83. The van der Waals surface area contributed by atoms with Crippen LogP contribution in [-0.2, 0) is 14.2 Å². The van der Waals surface area contributed by atoms with Crippen molar-refractivity contribution in [3.8, 4) is 0 Å². The summed E-state index contributed by atoms with van der Waals surface area (Å²) >= 11 is 1.72. The van der Waals surface area contributed by atoms with Crippen molar-refractivity contribution < 1.29 is 18.9 Å². The van der Waals surface area contributed by atoms with Crippen LogP contribution in [0.2, 0.25) is 0 Å². The van der Waals surface area contributed by atoms with Crippen LogP contribution in [0.4, 0.5) is 0 Å². The van der Waals surface area contributed by atoms with Crippen molar-refractivity contribution in [2.45, 2.75) is 18.7 Å². The summed E-state index contributed by atoms with van der Waals surface area (Å²) in [5.41, 5.74) is 1.80. The number of ether oxygens (including phenoxy) is 3. The molecule has 0 aromatic carbocycles. The topological polar surface area (TPSA) is 57.9 Å². The van der Waals surface area contributed by atoms with Crippen molar-refractivity contribution in [1.29, 1.82) is 0 Å². The molecule has 1 fully saturated rings. The molecule has 0 aliphatic carbocycles. The average Bonchev–Trinajstić information content (AvgIpc) is 2.61. The van der Waals surface area contributed by atoms with Crippen LogP contribution in [0.3, 0.4) is 0 Å². The Hall–Kier alpha value is -0.860. The van der Waals surface area contributed by atoms with Gasteiger partial charge in [-0.25, -0.2) is 0 Å². The number of hydrogen-bond donors (Lipinski definition) is 0. The van der Waals surface area contributed by atoms with Gasteiger partial charge >= 0.3 is 0 Å². The summed E-state index contributed by atoms with van der Waals surface area (Å²) in [4.78, 5) is 3.50. The van der Waals surface area contributed by atoms with E-state index in [2.05, 4.69) is 4.90 Å². The van der Waals surface area contributed by atoms with Crippen molar-refractivity contribution in [3.63, 3.8) is 0 Å². The first-order valence-corrected chi connectivity index (χ1v) is 9.45. The summed E-state index contributed by atoms with van der Waals surface area (Å²) in [6.45, 7) is 11.1. The number of rotatable bonds is 10. The van der Waals surface area contributed by atoms with Crippen molar-refractivity contribution in [3.05, 3.63) is 28.7 Å². The van der Waals surface area contributed by atoms with Crippen LogP contribution in [0.15, 0.2) is 17.2 Å². The van der Waals surface area contributed by atoms with Crippen LogP contribution in [0.25, 0.3) is 0 Å². The van der Waals surface area contributed by atoms with Crippen LogP contribution in [0, 0.1) is 19.1 Å². The second kappa shape index (κ2) is 10.9. The summed E-state index contributed by atoms with van der Waals surface area (Å²) in [7, 11) is 0. The molecule has 0 unspecified atom stereocenters. The number of pyridine rings is 1. The second-order valence-corrected chi connectivity index (χ2v) is 6.88. The van der Waals surface area contributed by atoms with E-state index in [4.69, 9.17) is 14.2 Å². The van der Waals surface area contributed by atoms with Crippen molar-refractivity contribution in [1.82, 2.24) is 4.90 Å². The van der Waals surface area contributed by atoms with Gasteiger partial charge in [-0.3, -0.25) is 4.90 Å². The molecule has 6 nitrogen and oxygen atoms in total. The van der Waals surface area contributed by atoms with E-state index in [1.807, 2.05) is 19.9 Å². The van der Waals surface area contributed by atoms with Crippen LogP contribution < -0.4 is 4.73 Å². The molecule has 0 bridgehead atoms.